The average Bonchev–Trinajstić information content (AvgIpc) is 2.95. The monoisotopic (exact) mass is 618 g/mol. The Morgan fingerprint density at radius 1 is 1.00 bits per heavy atom. The van der Waals surface area contributed by atoms with Gasteiger partial charge in [-0.25, -0.2) is 0 Å². The van der Waals surface area contributed by atoms with Gasteiger partial charge in [0.2, 0.25) is 0 Å². The highest BCUT2D eigenvalue weighted by Gasteiger charge is 2.44. The number of carbonyl (C=O) groups is 1. The van der Waals surface area contributed by atoms with E-state index < -0.39 is 16.6 Å². The van der Waals surface area contributed by atoms with E-state index in [1.165, 1.54) is 5.57 Å². The van der Waals surface area contributed by atoms with Crippen LogP contribution in [0, 0.1) is 17.8 Å². The van der Waals surface area contributed by atoms with Crippen molar-refractivity contribution in [3.8, 4) is 5.75 Å². The number of ether oxygens (including phenoxy) is 2. The van der Waals surface area contributed by atoms with Gasteiger partial charge in [0.05, 0.1) is 25.9 Å². The predicted molar refractivity (Wildman–Crippen MR) is 183 cm³/mol. The molecule has 0 heterocycles. The first kappa shape index (κ1) is 38.5. The first-order valence-corrected chi connectivity index (χ1v) is 21.4. The minimum absolute atomic E-state index is 0.0592. The van der Waals surface area contributed by atoms with E-state index in [1.807, 2.05) is 31.2 Å². The maximum Gasteiger partial charge on any atom is 0.192 e. The van der Waals surface area contributed by atoms with Crippen LogP contribution in [0.1, 0.15) is 74.8 Å². The van der Waals surface area contributed by atoms with Gasteiger partial charge in [-0.05, 0) is 79.3 Å². The predicted octanol–water partition coefficient (Wildman–Crippen LogP) is 9.60. The summed E-state index contributed by atoms with van der Waals surface area (Å²) in [5.74, 6) is 0.597. The van der Waals surface area contributed by atoms with E-state index >= 15 is 0 Å². The molecule has 1 aromatic rings. The van der Waals surface area contributed by atoms with Gasteiger partial charge in [0.15, 0.2) is 16.6 Å². The van der Waals surface area contributed by atoms with Crippen LogP contribution in [-0.2, 0) is 25.0 Å². The Morgan fingerprint density at radius 3 is 2.02 bits per heavy atom. The van der Waals surface area contributed by atoms with Crippen molar-refractivity contribution in [1.82, 2.24) is 0 Å². The minimum atomic E-state index is -2.10. The summed E-state index contributed by atoms with van der Waals surface area (Å²) in [5, 5.41) is 0.0592. The van der Waals surface area contributed by atoms with Gasteiger partial charge in [-0.1, -0.05) is 85.8 Å². The second-order valence-electron chi connectivity index (χ2n) is 13.4. The van der Waals surface area contributed by atoms with Crippen molar-refractivity contribution in [2.24, 2.45) is 17.8 Å². The average molecular weight is 619 g/mol. The number of allylic oxidation sites excluding steroid dienone is 3. The molecular formula is C35H62O5Si2. The van der Waals surface area contributed by atoms with Crippen LogP contribution in [0.15, 0.2) is 48.1 Å². The standard InChI is InChI=1S/C35H62O5Si2/c1-14-18-27(5)23-28(6)34(40-42(15-2,16-3)17-4)32(26-39-41(12,13)35(8,9)10)33(29(7)24-36)38-25-30-19-21-31(37-11)22-20-30/h14,18-24,27,29,32-34H,15-17,25-26H2,1-13H3/b18-14-,28-23+/t27-,29-,32-,33-,34+/m0/s1. The fourth-order valence-corrected chi connectivity index (χ4v) is 9.13. The summed E-state index contributed by atoms with van der Waals surface area (Å²) in [7, 11) is -2.47. The molecule has 0 aliphatic heterocycles. The van der Waals surface area contributed by atoms with E-state index in [0.29, 0.717) is 13.2 Å². The van der Waals surface area contributed by atoms with Crippen molar-refractivity contribution in [3.05, 3.63) is 53.6 Å². The Hall–Kier alpha value is -1.52. The number of methoxy groups -OCH3 is 1. The summed E-state index contributed by atoms with van der Waals surface area (Å²) in [6.07, 6.45) is 7.06. The van der Waals surface area contributed by atoms with E-state index in [-0.39, 0.29) is 35.0 Å². The van der Waals surface area contributed by atoms with Gasteiger partial charge in [-0.15, -0.1) is 0 Å². The van der Waals surface area contributed by atoms with Crippen molar-refractivity contribution in [1.29, 1.82) is 0 Å². The van der Waals surface area contributed by atoms with Gasteiger partial charge < -0.3 is 23.1 Å². The SMILES string of the molecule is C/C=C\[C@H](C)/C=C(\C)[C@@H](O[Si](CC)(CC)CC)[C@@H](CO[Si](C)(C)C(C)(C)C)[C@@H](OCc1ccc(OC)cc1)[C@@H](C)C=O. The molecule has 0 saturated carbocycles. The van der Waals surface area contributed by atoms with Crippen molar-refractivity contribution in [2.45, 2.75) is 124 Å². The summed E-state index contributed by atoms with van der Waals surface area (Å²) in [6, 6.07) is 11.1. The smallest absolute Gasteiger partial charge is 0.192 e. The van der Waals surface area contributed by atoms with Crippen molar-refractivity contribution in [2.75, 3.05) is 13.7 Å². The lowest BCUT2D eigenvalue weighted by molar-refractivity contribution is -0.122. The molecule has 0 fully saturated rings. The van der Waals surface area contributed by atoms with Crippen molar-refractivity contribution < 1.29 is 23.1 Å². The topological polar surface area (TPSA) is 54.0 Å². The zero-order chi connectivity index (χ0) is 32.1. The molecule has 1 rings (SSSR count). The molecule has 7 heteroatoms. The molecule has 0 bridgehead atoms. The van der Waals surface area contributed by atoms with Crippen LogP contribution in [-0.4, -0.2) is 48.8 Å². The van der Waals surface area contributed by atoms with Gasteiger partial charge in [0, 0.05) is 18.4 Å². The molecule has 240 valence electrons. The Balaban J connectivity index is 3.74. The van der Waals surface area contributed by atoms with Gasteiger partial charge in [0.1, 0.15) is 12.0 Å². The van der Waals surface area contributed by atoms with Crippen LogP contribution in [0.2, 0.25) is 36.3 Å². The lowest BCUT2D eigenvalue weighted by Crippen LogP contribution is -2.51. The molecule has 0 radical (unpaired) electrons. The number of benzene rings is 1. The lowest BCUT2D eigenvalue weighted by atomic mass is 9.85. The third kappa shape index (κ3) is 11.2. The number of aldehydes is 1. The van der Waals surface area contributed by atoms with E-state index in [4.69, 9.17) is 18.3 Å². The molecule has 0 amide bonds. The fourth-order valence-electron chi connectivity index (χ4n) is 5.19. The van der Waals surface area contributed by atoms with Gasteiger partial charge in [-0.2, -0.15) is 0 Å². The second-order valence-corrected chi connectivity index (χ2v) is 23.0. The van der Waals surface area contributed by atoms with Gasteiger partial charge in [-0.3, -0.25) is 0 Å². The Labute approximate surface area is 260 Å². The van der Waals surface area contributed by atoms with Crippen LogP contribution in [0.25, 0.3) is 0 Å². The van der Waals surface area contributed by atoms with Gasteiger partial charge >= 0.3 is 0 Å². The Morgan fingerprint density at radius 2 is 1.57 bits per heavy atom. The maximum atomic E-state index is 12.4. The fraction of sp³-hybridized carbons (Fsp3) is 0.686. The molecule has 0 aliphatic rings. The van der Waals surface area contributed by atoms with E-state index in [1.54, 1.807) is 7.11 Å². The highest BCUT2D eigenvalue weighted by molar-refractivity contribution is 6.74. The van der Waals surface area contributed by atoms with Crippen LogP contribution in [0.5, 0.6) is 5.75 Å². The molecule has 42 heavy (non-hydrogen) atoms. The summed E-state index contributed by atoms with van der Waals surface area (Å²) < 4.78 is 26.4. The lowest BCUT2D eigenvalue weighted by Gasteiger charge is -2.44. The van der Waals surface area contributed by atoms with Crippen LogP contribution < -0.4 is 4.74 Å². The molecule has 0 aromatic heterocycles. The third-order valence-electron chi connectivity index (χ3n) is 9.37. The van der Waals surface area contributed by atoms with Crippen molar-refractivity contribution in [3.63, 3.8) is 0 Å². The number of hydrogen-bond donors (Lipinski definition) is 0. The zero-order valence-electron chi connectivity index (χ0n) is 29.1. The molecule has 0 N–H and O–H groups in total. The molecule has 0 unspecified atom stereocenters. The molecule has 0 saturated heterocycles. The molecule has 5 nitrogen and oxygen atoms in total. The molecule has 1 aromatic carbocycles. The highest BCUT2D eigenvalue weighted by atomic mass is 28.4. The Kier molecular flexibility index (Phi) is 16.2. The third-order valence-corrected chi connectivity index (χ3v) is 18.5. The number of hydrogen-bond acceptors (Lipinski definition) is 5. The normalized spacial score (nSPS) is 17.1. The summed E-state index contributed by atoms with van der Waals surface area (Å²) in [6.45, 7) is 27.5. The van der Waals surface area contributed by atoms with E-state index in [9.17, 15) is 4.79 Å². The molecule has 5 atom stereocenters. The Bertz CT molecular complexity index is 968. The first-order chi connectivity index (χ1) is 19.6. The van der Waals surface area contributed by atoms with E-state index in [0.717, 1.165) is 35.7 Å². The zero-order valence-corrected chi connectivity index (χ0v) is 31.1. The maximum absolute atomic E-state index is 12.4. The highest BCUT2D eigenvalue weighted by Crippen LogP contribution is 2.39. The van der Waals surface area contributed by atoms with Gasteiger partial charge in [0.25, 0.3) is 0 Å². The quantitative estimate of drug-likeness (QED) is 0.0878. The number of carbonyl (C=O) groups excluding carboxylic acids is 1. The first-order valence-electron chi connectivity index (χ1n) is 16.0. The van der Waals surface area contributed by atoms with E-state index in [2.05, 4.69) is 93.6 Å². The summed E-state index contributed by atoms with van der Waals surface area (Å²) in [4.78, 5) is 12.4. The van der Waals surface area contributed by atoms with Crippen LogP contribution in [0.3, 0.4) is 0 Å². The summed E-state index contributed by atoms with van der Waals surface area (Å²) in [5.41, 5.74) is 2.22. The number of rotatable bonds is 19. The second kappa shape index (κ2) is 17.7. The summed E-state index contributed by atoms with van der Waals surface area (Å²) >= 11 is 0. The minimum Gasteiger partial charge on any atom is -0.497 e. The molecule has 0 spiro atoms. The molecular weight excluding hydrogens is 557 g/mol. The largest absolute Gasteiger partial charge is 0.497 e. The van der Waals surface area contributed by atoms with Crippen molar-refractivity contribution >= 4 is 22.9 Å². The van der Waals surface area contributed by atoms with Crippen LogP contribution >= 0.6 is 0 Å². The molecule has 0 aliphatic carbocycles. The van der Waals surface area contributed by atoms with Crippen LogP contribution in [0.4, 0.5) is 0 Å².